The molecule has 7 heteroatoms. The van der Waals surface area contributed by atoms with Crippen molar-refractivity contribution in [2.75, 3.05) is 12.4 Å². The fraction of sp³-hybridized carbons (Fsp3) is 0.455. The molecule has 0 saturated carbocycles. The molecule has 0 fully saturated rings. The molecule has 0 atom stereocenters. The zero-order valence-corrected chi connectivity index (χ0v) is 11.3. The van der Waals surface area contributed by atoms with Gasteiger partial charge in [-0.1, -0.05) is 0 Å². The van der Waals surface area contributed by atoms with E-state index in [-0.39, 0.29) is 11.8 Å². The maximum atomic E-state index is 11.9. The summed E-state index contributed by atoms with van der Waals surface area (Å²) < 4.78 is 0. The number of thiazole rings is 1. The lowest BCUT2D eigenvalue weighted by molar-refractivity contribution is -0.130. The number of nitrogens with one attached hydrogen (secondary N) is 1. The molecule has 0 radical (unpaired) electrons. The van der Waals surface area contributed by atoms with Gasteiger partial charge >= 0.3 is 0 Å². The molecule has 6 nitrogen and oxygen atoms in total. The maximum Gasteiger partial charge on any atom is 0.273 e. The Bertz CT molecular complexity index is 516. The first-order chi connectivity index (χ1) is 8.47. The van der Waals surface area contributed by atoms with Crippen LogP contribution in [-0.4, -0.2) is 34.6 Å². The second kappa shape index (κ2) is 4.85. The highest BCUT2D eigenvalue weighted by Crippen LogP contribution is 2.21. The number of nitrogens with zero attached hydrogens (tertiary/aromatic N) is 3. The molecular formula is C11H14N4O2S. The average Bonchev–Trinajstić information content (AvgIpc) is 2.61. The molecule has 0 aromatic carbocycles. The van der Waals surface area contributed by atoms with E-state index in [1.54, 1.807) is 7.05 Å². The molecule has 96 valence electrons. The van der Waals surface area contributed by atoms with Crippen LogP contribution in [0.3, 0.4) is 0 Å². The molecule has 0 spiro atoms. The van der Waals surface area contributed by atoms with Crippen LogP contribution >= 0.6 is 11.3 Å². The van der Waals surface area contributed by atoms with Crippen molar-refractivity contribution in [1.29, 1.82) is 0 Å². The van der Waals surface area contributed by atoms with E-state index in [1.807, 2.05) is 13.8 Å². The summed E-state index contributed by atoms with van der Waals surface area (Å²) >= 11 is 1.43. The topological polar surface area (TPSA) is 74.7 Å². The van der Waals surface area contributed by atoms with Crippen LogP contribution < -0.4 is 5.32 Å². The lowest BCUT2D eigenvalue weighted by atomic mass is 10.1. The van der Waals surface area contributed by atoms with E-state index in [0.29, 0.717) is 23.7 Å². The minimum atomic E-state index is -0.289. The molecule has 18 heavy (non-hydrogen) atoms. The second-order valence-corrected chi connectivity index (χ2v) is 5.28. The van der Waals surface area contributed by atoms with Gasteiger partial charge in [0, 0.05) is 24.8 Å². The van der Waals surface area contributed by atoms with E-state index in [4.69, 9.17) is 0 Å². The first-order valence-corrected chi connectivity index (χ1v) is 6.38. The normalized spacial score (nSPS) is 15.6. The number of hydrogen-bond acceptors (Lipinski definition) is 5. The molecule has 2 rings (SSSR count). The van der Waals surface area contributed by atoms with Gasteiger partial charge in [-0.25, -0.2) is 9.99 Å². The number of hydrogen-bond donors (Lipinski definition) is 1. The standard InChI is InChI=1S/C11H14N4O2S/c1-6-7(2)18-11(12-6)13-10(17)8-4-5-9(16)15(3)14-8/h4-5H2,1-3H3,(H,12,13,17). The minimum absolute atomic E-state index is 0.0764. The van der Waals surface area contributed by atoms with Crippen LogP contribution in [0.25, 0.3) is 0 Å². The van der Waals surface area contributed by atoms with Crippen LogP contribution in [0.4, 0.5) is 5.13 Å². The summed E-state index contributed by atoms with van der Waals surface area (Å²) in [6.45, 7) is 3.85. The third-order valence-electron chi connectivity index (χ3n) is 2.72. The Hall–Kier alpha value is -1.76. The second-order valence-electron chi connectivity index (χ2n) is 4.08. The third kappa shape index (κ3) is 2.56. The molecule has 0 unspecified atom stereocenters. The first kappa shape index (κ1) is 12.7. The zero-order valence-electron chi connectivity index (χ0n) is 10.5. The van der Waals surface area contributed by atoms with Gasteiger partial charge in [-0.2, -0.15) is 5.10 Å². The fourth-order valence-corrected chi connectivity index (χ4v) is 2.34. The Labute approximate surface area is 109 Å². The van der Waals surface area contributed by atoms with Crippen molar-refractivity contribution < 1.29 is 9.59 Å². The summed E-state index contributed by atoms with van der Waals surface area (Å²) in [7, 11) is 1.55. The molecule has 0 bridgehead atoms. The van der Waals surface area contributed by atoms with Crippen molar-refractivity contribution >= 4 is 34.0 Å². The van der Waals surface area contributed by atoms with Crippen LogP contribution in [0.15, 0.2) is 5.10 Å². The van der Waals surface area contributed by atoms with E-state index < -0.39 is 0 Å². The van der Waals surface area contributed by atoms with E-state index in [9.17, 15) is 9.59 Å². The van der Waals surface area contributed by atoms with Crippen LogP contribution in [0.5, 0.6) is 0 Å². The predicted molar refractivity (Wildman–Crippen MR) is 69.7 cm³/mol. The van der Waals surface area contributed by atoms with Gasteiger partial charge in [0.15, 0.2) is 5.13 Å². The van der Waals surface area contributed by atoms with E-state index in [1.165, 1.54) is 16.3 Å². The van der Waals surface area contributed by atoms with Gasteiger partial charge in [0.2, 0.25) is 5.91 Å². The van der Waals surface area contributed by atoms with Crippen LogP contribution in [0, 0.1) is 13.8 Å². The Morgan fingerprint density at radius 1 is 1.39 bits per heavy atom. The van der Waals surface area contributed by atoms with Gasteiger partial charge in [-0.05, 0) is 13.8 Å². The minimum Gasteiger partial charge on any atom is -0.297 e. The quantitative estimate of drug-likeness (QED) is 0.877. The highest BCUT2D eigenvalue weighted by atomic mass is 32.1. The highest BCUT2D eigenvalue weighted by Gasteiger charge is 2.22. The molecule has 2 heterocycles. The van der Waals surface area contributed by atoms with Crippen molar-refractivity contribution in [2.45, 2.75) is 26.7 Å². The number of amides is 2. The van der Waals surface area contributed by atoms with Crippen LogP contribution in [-0.2, 0) is 9.59 Å². The number of carbonyl (C=O) groups is 2. The van der Waals surface area contributed by atoms with Gasteiger partial charge in [0.05, 0.1) is 5.69 Å². The Balaban J connectivity index is 2.09. The smallest absolute Gasteiger partial charge is 0.273 e. The molecule has 1 aromatic rings. The number of rotatable bonds is 2. The van der Waals surface area contributed by atoms with Gasteiger partial charge in [-0.15, -0.1) is 11.3 Å². The van der Waals surface area contributed by atoms with E-state index in [0.717, 1.165) is 10.6 Å². The number of carbonyl (C=O) groups excluding carboxylic acids is 2. The summed E-state index contributed by atoms with van der Waals surface area (Å²) in [5.41, 5.74) is 1.27. The molecule has 0 saturated heterocycles. The summed E-state index contributed by atoms with van der Waals surface area (Å²) in [5, 5.41) is 8.43. The van der Waals surface area contributed by atoms with Crippen LogP contribution in [0.1, 0.15) is 23.4 Å². The average molecular weight is 266 g/mol. The summed E-state index contributed by atoms with van der Waals surface area (Å²) in [4.78, 5) is 28.5. The number of aromatic nitrogens is 1. The van der Waals surface area contributed by atoms with Crippen molar-refractivity contribution in [3.63, 3.8) is 0 Å². The molecule has 1 aromatic heterocycles. The van der Waals surface area contributed by atoms with Gasteiger partial charge in [-0.3, -0.25) is 14.9 Å². The highest BCUT2D eigenvalue weighted by molar-refractivity contribution is 7.15. The molecule has 2 amide bonds. The molecule has 1 aliphatic heterocycles. The molecule has 1 aliphatic rings. The third-order valence-corrected chi connectivity index (χ3v) is 3.71. The van der Waals surface area contributed by atoms with Crippen molar-refractivity contribution in [1.82, 2.24) is 9.99 Å². The Kier molecular flexibility index (Phi) is 3.42. The zero-order chi connectivity index (χ0) is 13.3. The Morgan fingerprint density at radius 2 is 2.11 bits per heavy atom. The Morgan fingerprint density at radius 3 is 2.67 bits per heavy atom. The van der Waals surface area contributed by atoms with Gasteiger partial charge in [0.25, 0.3) is 5.91 Å². The van der Waals surface area contributed by atoms with Crippen molar-refractivity contribution in [2.24, 2.45) is 5.10 Å². The molecule has 1 N–H and O–H groups in total. The summed E-state index contributed by atoms with van der Waals surface area (Å²) in [6.07, 6.45) is 0.691. The fourth-order valence-electron chi connectivity index (χ4n) is 1.53. The number of hydrazone groups is 1. The lowest BCUT2D eigenvalue weighted by Crippen LogP contribution is -2.34. The van der Waals surface area contributed by atoms with Crippen molar-refractivity contribution in [3.8, 4) is 0 Å². The van der Waals surface area contributed by atoms with Crippen LogP contribution in [0.2, 0.25) is 0 Å². The molecule has 0 aliphatic carbocycles. The maximum absolute atomic E-state index is 11.9. The van der Waals surface area contributed by atoms with Gasteiger partial charge in [0.1, 0.15) is 5.71 Å². The summed E-state index contributed by atoms with van der Waals surface area (Å²) in [5.74, 6) is -0.365. The van der Waals surface area contributed by atoms with E-state index in [2.05, 4.69) is 15.4 Å². The van der Waals surface area contributed by atoms with E-state index >= 15 is 0 Å². The van der Waals surface area contributed by atoms with Gasteiger partial charge < -0.3 is 0 Å². The number of aryl methyl sites for hydroxylation is 2. The summed E-state index contributed by atoms with van der Waals surface area (Å²) in [6, 6.07) is 0. The molecular weight excluding hydrogens is 252 g/mol. The predicted octanol–water partition coefficient (Wildman–Crippen LogP) is 1.31. The SMILES string of the molecule is Cc1nc(NC(=O)C2=NN(C)C(=O)CC2)sc1C. The van der Waals surface area contributed by atoms with Crippen molar-refractivity contribution in [3.05, 3.63) is 10.6 Å². The number of anilines is 1. The lowest BCUT2D eigenvalue weighted by Gasteiger charge is -2.18. The monoisotopic (exact) mass is 266 g/mol. The first-order valence-electron chi connectivity index (χ1n) is 5.57. The largest absolute Gasteiger partial charge is 0.297 e.